The number of aromatic nitrogens is 1. The van der Waals surface area contributed by atoms with E-state index >= 15 is 0 Å². The molecule has 3 aromatic rings. The van der Waals surface area contributed by atoms with Gasteiger partial charge in [0.05, 0.1) is 6.10 Å². The van der Waals surface area contributed by atoms with Gasteiger partial charge in [-0.25, -0.2) is 0 Å². The van der Waals surface area contributed by atoms with Crippen LogP contribution in [0.2, 0.25) is 11.6 Å². The van der Waals surface area contributed by atoms with Crippen LogP contribution in [-0.4, -0.2) is 13.3 Å². The van der Waals surface area contributed by atoms with Crippen molar-refractivity contribution in [1.82, 2.24) is 4.98 Å². The summed E-state index contributed by atoms with van der Waals surface area (Å²) in [6, 6.07) is 27.4. The predicted octanol–water partition coefficient (Wildman–Crippen LogP) is 5.66. The third-order valence-corrected chi connectivity index (χ3v) is 10.5. The van der Waals surface area contributed by atoms with Crippen LogP contribution in [0.15, 0.2) is 85.1 Å². The van der Waals surface area contributed by atoms with E-state index in [4.69, 9.17) is 4.43 Å². The summed E-state index contributed by atoms with van der Waals surface area (Å²) < 4.78 is 7.08. The molecular weight excluding hydrogens is 346 g/mol. The Hall–Kier alpha value is -2.23. The first-order valence-electron chi connectivity index (χ1n) is 9.58. The SMILES string of the molecule is CC(C)(C)[Si@](C)(O[C@@H](Cc1ccccn1)c1ccccc1)c1ccccc1. The van der Waals surface area contributed by atoms with E-state index in [0.717, 1.165) is 12.1 Å². The molecule has 3 heteroatoms. The molecule has 0 fully saturated rings. The molecule has 27 heavy (non-hydrogen) atoms. The third kappa shape index (κ3) is 4.55. The zero-order chi connectivity index (χ0) is 19.3. The van der Waals surface area contributed by atoms with Crippen molar-refractivity contribution in [3.63, 3.8) is 0 Å². The molecule has 2 nitrogen and oxygen atoms in total. The molecular formula is C24H29NOSi. The maximum Gasteiger partial charge on any atom is 0.227 e. The lowest BCUT2D eigenvalue weighted by Crippen LogP contribution is -2.55. The van der Waals surface area contributed by atoms with Crippen molar-refractivity contribution in [2.24, 2.45) is 0 Å². The van der Waals surface area contributed by atoms with E-state index in [1.807, 2.05) is 18.3 Å². The summed E-state index contributed by atoms with van der Waals surface area (Å²) >= 11 is 0. The highest BCUT2D eigenvalue weighted by Crippen LogP contribution is 2.40. The van der Waals surface area contributed by atoms with Crippen molar-refractivity contribution in [1.29, 1.82) is 0 Å². The van der Waals surface area contributed by atoms with Gasteiger partial charge in [-0.1, -0.05) is 87.5 Å². The summed E-state index contributed by atoms with van der Waals surface area (Å²) in [4.78, 5) is 4.54. The maximum atomic E-state index is 7.08. The van der Waals surface area contributed by atoms with Gasteiger partial charge in [-0.2, -0.15) is 0 Å². The smallest absolute Gasteiger partial charge is 0.227 e. The Labute approximate surface area is 164 Å². The fourth-order valence-electron chi connectivity index (χ4n) is 3.32. The first-order chi connectivity index (χ1) is 12.9. The summed E-state index contributed by atoms with van der Waals surface area (Å²) in [6.07, 6.45) is 2.61. The Morgan fingerprint density at radius 1 is 0.852 bits per heavy atom. The number of pyridine rings is 1. The number of hydrogen-bond donors (Lipinski definition) is 0. The summed E-state index contributed by atoms with van der Waals surface area (Å²) in [5.41, 5.74) is 2.27. The molecule has 0 aliphatic carbocycles. The Morgan fingerprint density at radius 2 is 1.44 bits per heavy atom. The van der Waals surface area contributed by atoms with Crippen LogP contribution in [0.4, 0.5) is 0 Å². The molecule has 0 saturated carbocycles. The van der Waals surface area contributed by atoms with Crippen molar-refractivity contribution in [3.8, 4) is 0 Å². The Bertz CT molecular complexity index is 831. The number of benzene rings is 2. The van der Waals surface area contributed by atoms with Gasteiger partial charge < -0.3 is 4.43 Å². The topological polar surface area (TPSA) is 22.1 Å². The van der Waals surface area contributed by atoms with Crippen LogP contribution in [-0.2, 0) is 10.8 Å². The molecule has 0 N–H and O–H groups in total. The van der Waals surface area contributed by atoms with E-state index in [1.54, 1.807) is 0 Å². The van der Waals surface area contributed by atoms with Crippen LogP contribution in [0.1, 0.15) is 38.1 Å². The van der Waals surface area contributed by atoms with Crippen LogP contribution in [0.25, 0.3) is 0 Å². The first kappa shape index (κ1) is 19.5. The largest absolute Gasteiger partial charge is 0.405 e. The van der Waals surface area contributed by atoms with Gasteiger partial charge >= 0.3 is 0 Å². The minimum absolute atomic E-state index is 0.0165. The molecule has 2 aromatic carbocycles. The Kier molecular flexibility index (Phi) is 5.93. The van der Waals surface area contributed by atoms with Crippen LogP contribution >= 0.6 is 0 Å². The quantitative estimate of drug-likeness (QED) is 0.518. The normalized spacial score (nSPS) is 15.1. The lowest BCUT2D eigenvalue weighted by molar-refractivity contribution is 0.186. The van der Waals surface area contributed by atoms with Crippen LogP contribution in [0.3, 0.4) is 0 Å². The number of nitrogens with zero attached hydrogens (tertiary/aromatic N) is 1. The molecule has 0 aliphatic heterocycles. The first-order valence-corrected chi connectivity index (χ1v) is 12.0. The van der Waals surface area contributed by atoms with Crippen LogP contribution < -0.4 is 5.19 Å². The summed E-state index contributed by atoms with van der Waals surface area (Å²) in [7, 11) is -2.25. The molecule has 0 unspecified atom stereocenters. The highest BCUT2D eigenvalue weighted by molar-refractivity contribution is 6.87. The van der Waals surface area contributed by atoms with E-state index in [1.165, 1.54) is 10.8 Å². The average Bonchev–Trinajstić information content (AvgIpc) is 2.69. The molecule has 0 amide bonds. The minimum atomic E-state index is -2.25. The highest BCUT2D eigenvalue weighted by Gasteiger charge is 2.45. The second kappa shape index (κ2) is 8.20. The van der Waals surface area contributed by atoms with Crippen LogP contribution in [0.5, 0.6) is 0 Å². The Balaban J connectivity index is 2.00. The maximum absolute atomic E-state index is 7.08. The second-order valence-electron chi connectivity index (χ2n) is 8.19. The third-order valence-electron chi connectivity index (χ3n) is 5.43. The van der Waals surface area contributed by atoms with Gasteiger partial charge in [0.1, 0.15) is 0 Å². The highest BCUT2D eigenvalue weighted by atomic mass is 28.4. The summed E-state index contributed by atoms with van der Waals surface area (Å²) in [5, 5.41) is 1.39. The molecule has 0 radical (unpaired) electrons. The van der Waals surface area contributed by atoms with Crippen molar-refractivity contribution >= 4 is 13.5 Å². The molecule has 3 rings (SSSR count). The van der Waals surface area contributed by atoms with Crippen molar-refractivity contribution in [2.75, 3.05) is 0 Å². The molecule has 1 aromatic heterocycles. The summed E-state index contributed by atoms with van der Waals surface area (Å²) in [5.74, 6) is 0. The van der Waals surface area contributed by atoms with Crippen molar-refractivity contribution in [2.45, 2.75) is 44.9 Å². The zero-order valence-electron chi connectivity index (χ0n) is 16.7. The van der Waals surface area contributed by atoms with E-state index in [0.29, 0.717) is 0 Å². The van der Waals surface area contributed by atoms with Gasteiger partial charge in [-0.05, 0) is 34.5 Å². The fourth-order valence-corrected chi connectivity index (χ4v) is 6.30. The zero-order valence-corrected chi connectivity index (χ0v) is 17.7. The lowest BCUT2D eigenvalue weighted by atomic mass is 10.0. The van der Waals surface area contributed by atoms with Crippen LogP contribution in [0, 0.1) is 0 Å². The average molecular weight is 376 g/mol. The molecule has 140 valence electrons. The van der Waals surface area contributed by atoms with Gasteiger partial charge in [0, 0.05) is 18.3 Å². The molecule has 1 heterocycles. The Morgan fingerprint density at radius 3 is 2.00 bits per heavy atom. The monoisotopic (exact) mass is 375 g/mol. The standard InChI is InChI=1S/C24H29NOSi/c1-24(2,3)27(4,22-16-9-6-10-17-22)26-23(20-13-7-5-8-14-20)19-21-15-11-12-18-25-21/h5-18,23H,19H2,1-4H3/t23-,27+/m0/s1. The molecule has 0 bridgehead atoms. The van der Waals surface area contributed by atoms with Gasteiger partial charge in [-0.15, -0.1) is 0 Å². The van der Waals surface area contributed by atoms with Gasteiger partial charge in [0.25, 0.3) is 0 Å². The fraction of sp³-hybridized carbons (Fsp3) is 0.292. The lowest BCUT2D eigenvalue weighted by Gasteiger charge is -2.42. The molecule has 0 spiro atoms. The number of rotatable bonds is 6. The molecule has 0 saturated heterocycles. The van der Waals surface area contributed by atoms with Crippen molar-refractivity contribution < 1.29 is 4.43 Å². The second-order valence-corrected chi connectivity index (χ2v) is 12.6. The van der Waals surface area contributed by atoms with Gasteiger partial charge in [0.2, 0.25) is 8.32 Å². The minimum Gasteiger partial charge on any atom is -0.405 e. The van der Waals surface area contributed by atoms with E-state index < -0.39 is 8.32 Å². The van der Waals surface area contributed by atoms with Gasteiger partial charge in [0.15, 0.2) is 0 Å². The van der Waals surface area contributed by atoms with Gasteiger partial charge in [-0.3, -0.25) is 4.98 Å². The van der Waals surface area contributed by atoms with E-state index in [2.05, 4.69) is 99.0 Å². The van der Waals surface area contributed by atoms with E-state index in [-0.39, 0.29) is 11.1 Å². The van der Waals surface area contributed by atoms with E-state index in [9.17, 15) is 0 Å². The summed E-state index contributed by atoms with van der Waals surface area (Å²) in [6.45, 7) is 9.25. The molecule has 0 aliphatic rings. The predicted molar refractivity (Wildman–Crippen MR) is 116 cm³/mol. The number of hydrogen-bond acceptors (Lipinski definition) is 2. The molecule has 2 atom stereocenters. The van der Waals surface area contributed by atoms with Crippen molar-refractivity contribution in [3.05, 3.63) is 96.3 Å².